The van der Waals surface area contributed by atoms with Gasteiger partial charge in [0.15, 0.2) is 0 Å². The van der Waals surface area contributed by atoms with Crippen LogP contribution in [0, 0.1) is 0 Å². The highest BCUT2D eigenvalue weighted by Crippen LogP contribution is 1.93. The van der Waals surface area contributed by atoms with Crippen LogP contribution in [0.25, 0.3) is 0 Å². The fourth-order valence-electron chi connectivity index (χ4n) is 0.149. The van der Waals surface area contributed by atoms with Crippen LogP contribution in [0.2, 0.25) is 0 Å². The number of rotatable bonds is 2. The van der Waals surface area contributed by atoms with Crippen molar-refractivity contribution in [2.45, 2.75) is 0 Å². The van der Waals surface area contributed by atoms with E-state index in [-0.39, 0.29) is 5.57 Å². The van der Waals surface area contributed by atoms with Crippen LogP contribution in [0.4, 0.5) is 0 Å². The Hall–Kier alpha value is -0.540. The van der Waals surface area contributed by atoms with Crippen molar-refractivity contribution in [3.05, 3.63) is 11.1 Å². The number of aliphatic hydroxyl groups excluding tert-OH is 1. The molecule has 0 amide bonds. The summed E-state index contributed by atoms with van der Waals surface area (Å²) in [6.45, 7) is -0.529. The van der Waals surface area contributed by atoms with Gasteiger partial charge in [0.25, 0.3) is 0 Å². The second-order valence-corrected chi connectivity index (χ2v) is 1.32. The van der Waals surface area contributed by atoms with Gasteiger partial charge >= 0.3 is 5.97 Å². The van der Waals surface area contributed by atoms with E-state index in [2.05, 4.69) is 0 Å². The summed E-state index contributed by atoms with van der Waals surface area (Å²) in [7, 11) is 0. The first kappa shape index (κ1) is 7.46. The molecule has 0 spiro atoms. The molecule has 0 radical (unpaired) electrons. The van der Waals surface area contributed by atoms with E-state index in [1.807, 2.05) is 0 Å². The lowest BCUT2D eigenvalue weighted by Gasteiger charge is -1.89. The molecule has 8 heavy (non-hydrogen) atoms. The Morgan fingerprint density at radius 1 is 1.75 bits per heavy atom. The van der Waals surface area contributed by atoms with Crippen molar-refractivity contribution in [1.82, 2.24) is 0 Å². The molecule has 4 heteroatoms. The highest BCUT2D eigenvalue weighted by molar-refractivity contribution is 6.27. The van der Waals surface area contributed by atoms with Gasteiger partial charge in [0.05, 0.1) is 12.2 Å². The minimum Gasteiger partial charge on any atom is -0.478 e. The van der Waals surface area contributed by atoms with Gasteiger partial charge < -0.3 is 10.2 Å². The Balaban J connectivity index is 3.92. The molecule has 2 N–H and O–H groups in total. The zero-order valence-electron chi connectivity index (χ0n) is 3.97. The zero-order chi connectivity index (χ0) is 6.57. The molecule has 0 rings (SSSR count). The van der Waals surface area contributed by atoms with Gasteiger partial charge in [0.1, 0.15) is 0 Å². The van der Waals surface area contributed by atoms with E-state index in [1.54, 1.807) is 0 Å². The number of carboxylic acid groups (broad SMARTS) is 1. The van der Waals surface area contributed by atoms with Crippen molar-refractivity contribution in [1.29, 1.82) is 0 Å². The summed E-state index contributed by atoms with van der Waals surface area (Å²) >= 11 is 4.96. The summed E-state index contributed by atoms with van der Waals surface area (Å²) in [5.41, 5.74) is 0.633. The molecule has 0 aliphatic rings. The number of hydrogen-bond donors (Lipinski definition) is 2. The van der Waals surface area contributed by atoms with E-state index in [4.69, 9.17) is 21.8 Å². The fraction of sp³-hybridized carbons (Fsp3) is 0.250. The van der Waals surface area contributed by atoms with Gasteiger partial charge in [-0.3, -0.25) is 0 Å². The standard InChI is InChI=1S/C4H5ClO3/c5-1-3(2-6)4(7)8/h1,6H,2H2,(H,7,8). The molecule has 0 unspecified atom stereocenters. The second kappa shape index (κ2) is 3.46. The van der Waals surface area contributed by atoms with Gasteiger partial charge in [-0.15, -0.1) is 0 Å². The summed E-state index contributed by atoms with van der Waals surface area (Å²) in [5, 5.41) is 16.2. The molecule has 0 heterocycles. The SMILES string of the molecule is O=C(O)C(=CCl)CO. The lowest BCUT2D eigenvalue weighted by atomic mass is 10.3. The monoisotopic (exact) mass is 136 g/mol. The predicted octanol–water partition coefficient (Wildman–Crippen LogP) is 0.186. The van der Waals surface area contributed by atoms with Crippen LogP contribution in [0.1, 0.15) is 0 Å². The summed E-state index contributed by atoms with van der Waals surface area (Å²) in [5.74, 6) is -1.19. The molecule has 0 aromatic carbocycles. The molecule has 0 aliphatic carbocycles. The molecule has 0 fully saturated rings. The van der Waals surface area contributed by atoms with Crippen LogP contribution < -0.4 is 0 Å². The Kier molecular flexibility index (Phi) is 3.23. The van der Waals surface area contributed by atoms with Crippen LogP contribution in [0.3, 0.4) is 0 Å². The molecule has 0 aromatic rings. The zero-order valence-corrected chi connectivity index (χ0v) is 4.72. The lowest BCUT2D eigenvalue weighted by Crippen LogP contribution is -2.03. The molecule has 0 aliphatic heterocycles. The topological polar surface area (TPSA) is 57.5 Å². The number of carboxylic acids is 1. The molecular formula is C4H5ClO3. The van der Waals surface area contributed by atoms with Crippen LogP contribution in [0.15, 0.2) is 11.1 Å². The highest BCUT2D eigenvalue weighted by Gasteiger charge is 2.01. The van der Waals surface area contributed by atoms with Gasteiger partial charge in [-0.05, 0) is 0 Å². The summed E-state index contributed by atoms with van der Waals surface area (Å²) < 4.78 is 0. The largest absolute Gasteiger partial charge is 0.478 e. The molecule has 0 atom stereocenters. The lowest BCUT2D eigenvalue weighted by molar-refractivity contribution is -0.133. The minimum atomic E-state index is -1.19. The van der Waals surface area contributed by atoms with Crippen molar-refractivity contribution >= 4 is 17.6 Å². The molecule has 0 bridgehead atoms. The fourth-order valence-corrected chi connectivity index (χ4v) is 0.311. The summed E-state index contributed by atoms with van der Waals surface area (Å²) in [4.78, 5) is 9.85. The van der Waals surface area contributed by atoms with Crippen molar-refractivity contribution in [2.24, 2.45) is 0 Å². The van der Waals surface area contributed by atoms with E-state index in [1.165, 1.54) is 0 Å². The molecule has 0 saturated carbocycles. The quantitative estimate of drug-likeness (QED) is 0.533. The van der Waals surface area contributed by atoms with Crippen LogP contribution in [-0.2, 0) is 4.79 Å². The average molecular weight is 137 g/mol. The highest BCUT2D eigenvalue weighted by atomic mass is 35.5. The minimum absolute atomic E-state index is 0.202. The van der Waals surface area contributed by atoms with Crippen molar-refractivity contribution < 1.29 is 15.0 Å². The predicted molar refractivity (Wildman–Crippen MR) is 28.7 cm³/mol. The maximum Gasteiger partial charge on any atom is 0.334 e. The maximum absolute atomic E-state index is 9.85. The van der Waals surface area contributed by atoms with Gasteiger partial charge in [0, 0.05) is 5.54 Å². The van der Waals surface area contributed by atoms with E-state index in [0.717, 1.165) is 5.54 Å². The first-order chi connectivity index (χ1) is 3.72. The first-order valence-electron chi connectivity index (χ1n) is 1.85. The van der Waals surface area contributed by atoms with Gasteiger partial charge in [-0.25, -0.2) is 4.79 Å². The second-order valence-electron chi connectivity index (χ2n) is 1.10. The van der Waals surface area contributed by atoms with Gasteiger partial charge in [0.2, 0.25) is 0 Å². The number of carbonyl (C=O) groups is 1. The number of aliphatic carboxylic acids is 1. The number of aliphatic hydroxyl groups is 1. The van der Waals surface area contributed by atoms with Crippen LogP contribution in [0.5, 0.6) is 0 Å². The van der Waals surface area contributed by atoms with Crippen LogP contribution >= 0.6 is 11.6 Å². The Morgan fingerprint density at radius 3 is 2.25 bits per heavy atom. The number of halogens is 1. The van der Waals surface area contributed by atoms with Crippen molar-refractivity contribution in [3.63, 3.8) is 0 Å². The van der Waals surface area contributed by atoms with E-state index < -0.39 is 12.6 Å². The summed E-state index contributed by atoms with van der Waals surface area (Å²) in [6.07, 6.45) is 0. The number of hydrogen-bond acceptors (Lipinski definition) is 2. The maximum atomic E-state index is 9.85. The Bertz CT molecular complexity index is 118. The Morgan fingerprint density at radius 2 is 2.25 bits per heavy atom. The third-order valence-electron chi connectivity index (χ3n) is 0.577. The Labute approximate surface area is 51.2 Å². The van der Waals surface area contributed by atoms with E-state index in [9.17, 15) is 4.79 Å². The van der Waals surface area contributed by atoms with E-state index in [0.29, 0.717) is 0 Å². The third-order valence-corrected chi connectivity index (χ3v) is 0.840. The molecule has 0 saturated heterocycles. The molecule has 3 nitrogen and oxygen atoms in total. The molecular weight excluding hydrogens is 131 g/mol. The average Bonchev–Trinajstić information content (AvgIpc) is 1.69. The smallest absolute Gasteiger partial charge is 0.334 e. The third kappa shape index (κ3) is 1.95. The first-order valence-corrected chi connectivity index (χ1v) is 2.29. The molecule has 46 valence electrons. The van der Waals surface area contributed by atoms with Crippen molar-refractivity contribution in [3.8, 4) is 0 Å². The van der Waals surface area contributed by atoms with Crippen molar-refractivity contribution in [2.75, 3.05) is 6.61 Å². The normalized spacial score (nSPS) is 11.5. The van der Waals surface area contributed by atoms with Gasteiger partial charge in [-0.1, -0.05) is 11.6 Å². The van der Waals surface area contributed by atoms with Gasteiger partial charge in [-0.2, -0.15) is 0 Å². The van der Waals surface area contributed by atoms with E-state index >= 15 is 0 Å². The van der Waals surface area contributed by atoms with Crippen LogP contribution in [-0.4, -0.2) is 22.8 Å². The molecule has 0 aromatic heterocycles. The summed E-state index contributed by atoms with van der Waals surface area (Å²) in [6, 6.07) is 0.